The van der Waals surface area contributed by atoms with Gasteiger partial charge in [0.15, 0.2) is 0 Å². The Kier molecular flexibility index (Phi) is 7.80. The fourth-order valence-corrected chi connectivity index (χ4v) is 3.03. The van der Waals surface area contributed by atoms with Crippen molar-refractivity contribution in [1.82, 2.24) is 10.6 Å². The van der Waals surface area contributed by atoms with Crippen molar-refractivity contribution in [3.8, 4) is 0 Å². The van der Waals surface area contributed by atoms with E-state index in [4.69, 9.17) is 4.74 Å². The number of ether oxygens (including phenoxy) is 1. The molecule has 0 spiro atoms. The zero-order valence-electron chi connectivity index (χ0n) is 12.1. The number of rotatable bonds is 4. The van der Waals surface area contributed by atoms with Gasteiger partial charge in [0.2, 0.25) is 5.91 Å². The number of carbonyl (C=O) groups is 1. The molecule has 1 aliphatic heterocycles. The van der Waals surface area contributed by atoms with E-state index in [1.54, 1.807) is 0 Å². The molecule has 3 N–H and O–H groups in total. The topological polar surface area (TPSA) is 70.6 Å². The lowest BCUT2D eigenvalue weighted by molar-refractivity contribution is -0.129. The van der Waals surface area contributed by atoms with Gasteiger partial charge in [0.05, 0.1) is 18.8 Å². The average Bonchev–Trinajstić information content (AvgIpc) is 2.46. The molecule has 0 aromatic carbocycles. The summed E-state index contributed by atoms with van der Waals surface area (Å²) in [6.07, 6.45) is 5.31. The Morgan fingerprint density at radius 1 is 1.40 bits per heavy atom. The molecule has 0 aromatic rings. The molecule has 1 saturated heterocycles. The Morgan fingerprint density at radius 2 is 2.10 bits per heavy atom. The number of aliphatic hydroxyl groups excluding tert-OH is 1. The van der Waals surface area contributed by atoms with E-state index in [0.29, 0.717) is 25.6 Å². The SMILES string of the molecule is C[C@H]1OCCN[C@@H]1C(=O)NCC(O)C1CCCCC1.Cl. The molecular weight excluding hydrogens is 280 g/mol. The van der Waals surface area contributed by atoms with Gasteiger partial charge in [0, 0.05) is 13.1 Å². The van der Waals surface area contributed by atoms with Crippen LogP contribution in [-0.4, -0.2) is 49.0 Å². The smallest absolute Gasteiger partial charge is 0.239 e. The average molecular weight is 307 g/mol. The van der Waals surface area contributed by atoms with E-state index in [9.17, 15) is 9.90 Å². The molecule has 20 heavy (non-hydrogen) atoms. The third kappa shape index (κ3) is 4.88. The first-order valence-electron chi connectivity index (χ1n) is 7.49. The van der Waals surface area contributed by atoms with Gasteiger partial charge < -0.3 is 20.5 Å². The van der Waals surface area contributed by atoms with Crippen molar-refractivity contribution in [2.45, 2.75) is 57.3 Å². The summed E-state index contributed by atoms with van der Waals surface area (Å²) in [5, 5.41) is 16.1. The molecule has 1 amide bonds. The fourth-order valence-electron chi connectivity index (χ4n) is 3.03. The highest BCUT2D eigenvalue weighted by Crippen LogP contribution is 2.26. The van der Waals surface area contributed by atoms with Crippen molar-refractivity contribution in [1.29, 1.82) is 0 Å². The third-order valence-corrected chi connectivity index (χ3v) is 4.28. The first-order chi connectivity index (χ1) is 9.18. The number of amides is 1. The fraction of sp³-hybridized carbons (Fsp3) is 0.929. The molecule has 2 rings (SSSR count). The van der Waals surface area contributed by atoms with Gasteiger partial charge in [-0.05, 0) is 25.7 Å². The highest BCUT2D eigenvalue weighted by molar-refractivity contribution is 5.85. The molecule has 0 radical (unpaired) electrons. The van der Waals surface area contributed by atoms with Crippen LogP contribution in [0.2, 0.25) is 0 Å². The maximum atomic E-state index is 12.0. The largest absolute Gasteiger partial charge is 0.391 e. The molecule has 118 valence electrons. The summed E-state index contributed by atoms with van der Waals surface area (Å²) >= 11 is 0. The monoisotopic (exact) mass is 306 g/mol. The van der Waals surface area contributed by atoms with Crippen LogP contribution in [0, 0.1) is 5.92 Å². The van der Waals surface area contributed by atoms with Crippen molar-refractivity contribution in [2.75, 3.05) is 19.7 Å². The van der Waals surface area contributed by atoms with Crippen molar-refractivity contribution < 1.29 is 14.6 Å². The lowest BCUT2D eigenvalue weighted by Crippen LogP contribution is -2.56. The molecule has 5 nitrogen and oxygen atoms in total. The summed E-state index contributed by atoms with van der Waals surface area (Å²) in [5.74, 6) is 0.282. The highest BCUT2D eigenvalue weighted by atomic mass is 35.5. The van der Waals surface area contributed by atoms with Crippen molar-refractivity contribution in [2.24, 2.45) is 5.92 Å². The maximum absolute atomic E-state index is 12.0. The van der Waals surface area contributed by atoms with Crippen LogP contribution in [0.4, 0.5) is 0 Å². The number of hydrogen-bond acceptors (Lipinski definition) is 4. The first-order valence-corrected chi connectivity index (χ1v) is 7.49. The molecular formula is C14H27ClN2O3. The van der Waals surface area contributed by atoms with E-state index in [1.165, 1.54) is 19.3 Å². The number of morpholine rings is 1. The Labute approximate surface area is 127 Å². The first kappa shape index (κ1) is 17.7. The normalized spacial score (nSPS) is 29.3. The van der Waals surface area contributed by atoms with Gasteiger partial charge in [0.1, 0.15) is 6.04 Å². The molecule has 1 saturated carbocycles. The summed E-state index contributed by atoms with van der Waals surface area (Å²) in [4.78, 5) is 12.0. The number of halogens is 1. The number of hydrogen-bond donors (Lipinski definition) is 3. The minimum atomic E-state index is -0.413. The molecule has 2 fully saturated rings. The van der Waals surface area contributed by atoms with Crippen LogP contribution in [0.25, 0.3) is 0 Å². The Balaban J connectivity index is 0.00000200. The second-order valence-corrected chi connectivity index (χ2v) is 5.72. The van der Waals surface area contributed by atoms with Crippen LogP contribution in [0.1, 0.15) is 39.0 Å². The predicted molar refractivity (Wildman–Crippen MR) is 80.0 cm³/mol. The van der Waals surface area contributed by atoms with Crippen LogP contribution in [0.5, 0.6) is 0 Å². The van der Waals surface area contributed by atoms with E-state index in [-0.39, 0.29) is 30.5 Å². The second kappa shape index (κ2) is 8.82. The van der Waals surface area contributed by atoms with E-state index >= 15 is 0 Å². The van der Waals surface area contributed by atoms with E-state index in [1.807, 2.05) is 6.92 Å². The Bertz CT molecular complexity index is 298. The number of aliphatic hydroxyl groups is 1. The summed E-state index contributed by atoms with van der Waals surface area (Å²) in [6.45, 7) is 3.60. The molecule has 1 unspecified atom stereocenters. The van der Waals surface area contributed by atoms with Gasteiger partial charge in [-0.2, -0.15) is 0 Å². The molecule has 1 aliphatic carbocycles. The minimum Gasteiger partial charge on any atom is -0.391 e. The predicted octanol–water partition coefficient (Wildman–Crippen LogP) is 0.842. The van der Waals surface area contributed by atoms with Crippen LogP contribution in [-0.2, 0) is 9.53 Å². The van der Waals surface area contributed by atoms with Gasteiger partial charge >= 0.3 is 0 Å². The lowest BCUT2D eigenvalue weighted by atomic mass is 9.85. The van der Waals surface area contributed by atoms with Crippen LogP contribution < -0.4 is 10.6 Å². The van der Waals surface area contributed by atoms with Gasteiger partial charge in [0.25, 0.3) is 0 Å². The maximum Gasteiger partial charge on any atom is 0.239 e. The molecule has 1 heterocycles. The molecule has 0 aromatic heterocycles. The lowest BCUT2D eigenvalue weighted by Gasteiger charge is -2.31. The summed E-state index contributed by atoms with van der Waals surface area (Å²) in [6, 6.07) is -0.299. The number of carbonyl (C=O) groups excluding carboxylic acids is 1. The second-order valence-electron chi connectivity index (χ2n) is 5.72. The molecule has 6 heteroatoms. The molecule has 2 aliphatic rings. The van der Waals surface area contributed by atoms with Gasteiger partial charge in [-0.25, -0.2) is 0 Å². The van der Waals surface area contributed by atoms with Crippen molar-refractivity contribution in [3.63, 3.8) is 0 Å². The van der Waals surface area contributed by atoms with Crippen LogP contribution in [0.15, 0.2) is 0 Å². The van der Waals surface area contributed by atoms with Crippen LogP contribution in [0.3, 0.4) is 0 Å². The quantitative estimate of drug-likeness (QED) is 0.720. The molecule has 3 atom stereocenters. The Hall–Kier alpha value is -0.360. The van der Waals surface area contributed by atoms with Gasteiger partial charge in [-0.3, -0.25) is 4.79 Å². The summed E-state index contributed by atoms with van der Waals surface area (Å²) < 4.78 is 5.45. The zero-order valence-corrected chi connectivity index (χ0v) is 13.0. The van der Waals surface area contributed by atoms with Gasteiger partial charge in [-0.15, -0.1) is 12.4 Å². The minimum absolute atomic E-state index is 0. The zero-order chi connectivity index (χ0) is 13.7. The summed E-state index contributed by atoms with van der Waals surface area (Å²) in [5.41, 5.74) is 0. The molecule has 0 bridgehead atoms. The van der Waals surface area contributed by atoms with E-state index in [2.05, 4.69) is 10.6 Å². The van der Waals surface area contributed by atoms with Crippen molar-refractivity contribution in [3.05, 3.63) is 0 Å². The standard InChI is InChI=1S/C14H26N2O3.ClH/c1-10-13(15-7-8-19-10)14(18)16-9-12(17)11-5-3-2-4-6-11;/h10-13,15,17H,2-9H2,1H3,(H,16,18);1H/t10-,12?,13+;/m1./s1. The highest BCUT2D eigenvalue weighted by Gasteiger charge is 2.29. The number of nitrogens with one attached hydrogen (secondary N) is 2. The Morgan fingerprint density at radius 3 is 2.75 bits per heavy atom. The van der Waals surface area contributed by atoms with E-state index < -0.39 is 6.10 Å². The third-order valence-electron chi connectivity index (χ3n) is 4.28. The van der Waals surface area contributed by atoms with Crippen LogP contribution >= 0.6 is 12.4 Å². The van der Waals surface area contributed by atoms with E-state index in [0.717, 1.165) is 12.8 Å². The summed E-state index contributed by atoms with van der Waals surface area (Å²) in [7, 11) is 0. The van der Waals surface area contributed by atoms with Crippen molar-refractivity contribution >= 4 is 18.3 Å². The van der Waals surface area contributed by atoms with Gasteiger partial charge in [-0.1, -0.05) is 19.3 Å².